The lowest BCUT2D eigenvalue weighted by atomic mass is 10.1. The van der Waals surface area contributed by atoms with Crippen LogP contribution >= 0.6 is 0 Å². The van der Waals surface area contributed by atoms with Crippen molar-refractivity contribution in [3.05, 3.63) is 65.2 Å². The van der Waals surface area contributed by atoms with E-state index in [2.05, 4.69) is 5.32 Å². The molecule has 2 aromatic carbocycles. The van der Waals surface area contributed by atoms with Gasteiger partial charge in [0.25, 0.3) is 0 Å². The lowest BCUT2D eigenvalue weighted by molar-refractivity contribution is -0.115. The standard InChI is InChI=1S/C19H19NO4/c1-3-18(22)20-15-10-8-14(9-11-15)17(21)12-24-19(23)16-7-5-4-6-13(16)2/h4-11H,3,12H2,1-2H3,(H,20,22). The van der Waals surface area contributed by atoms with E-state index in [4.69, 9.17) is 4.74 Å². The lowest BCUT2D eigenvalue weighted by Crippen LogP contribution is -2.15. The minimum atomic E-state index is -0.520. The van der Waals surface area contributed by atoms with E-state index in [0.29, 0.717) is 23.2 Å². The average Bonchev–Trinajstić information content (AvgIpc) is 2.60. The number of aryl methyl sites for hydroxylation is 1. The minimum Gasteiger partial charge on any atom is -0.454 e. The number of anilines is 1. The molecule has 0 aliphatic rings. The predicted molar refractivity (Wildman–Crippen MR) is 91.2 cm³/mol. The minimum absolute atomic E-state index is 0.0961. The number of nitrogens with one attached hydrogen (secondary N) is 1. The summed E-state index contributed by atoms with van der Waals surface area (Å²) in [6.07, 6.45) is 0.384. The molecule has 0 unspecified atom stereocenters. The van der Waals surface area contributed by atoms with Gasteiger partial charge in [-0.2, -0.15) is 0 Å². The molecule has 124 valence electrons. The number of carbonyl (C=O) groups is 3. The van der Waals surface area contributed by atoms with E-state index in [1.54, 1.807) is 43.3 Å². The van der Waals surface area contributed by atoms with Gasteiger partial charge < -0.3 is 10.1 Å². The highest BCUT2D eigenvalue weighted by molar-refractivity contribution is 6.00. The van der Waals surface area contributed by atoms with E-state index in [1.807, 2.05) is 19.1 Å². The van der Waals surface area contributed by atoms with Crippen molar-refractivity contribution in [1.82, 2.24) is 0 Å². The first-order valence-corrected chi connectivity index (χ1v) is 7.67. The first-order valence-electron chi connectivity index (χ1n) is 7.67. The van der Waals surface area contributed by atoms with Crippen molar-refractivity contribution in [2.75, 3.05) is 11.9 Å². The van der Waals surface area contributed by atoms with Crippen LogP contribution in [-0.4, -0.2) is 24.3 Å². The highest BCUT2D eigenvalue weighted by Crippen LogP contribution is 2.12. The number of hydrogen-bond donors (Lipinski definition) is 1. The molecule has 0 heterocycles. The Hall–Kier alpha value is -2.95. The van der Waals surface area contributed by atoms with Crippen LogP contribution in [0.25, 0.3) is 0 Å². The highest BCUT2D eigenvalue weighted by atomic mass is 16.5. The molecule has 0 aliphatic carbocycles. The summed E-state index contributed by atoms with van der Waals surface area (Å²) in [5.74, 6) is -0.917. The molecule has 0 aliphatic heterocycles. The normalized spacial score (nSPS) is 10.1. The number of ketones is 1. The summed E-state index contributed by atoms with van der Waals surface area (Å²) in [6, 6.07) is 13.5. The SMILES string of the molecule is CCC(=O)Nc1ccc(C(=O)COC(=O)c2ccccc2C)cc1. The van der Waals surface area contributed by atoms with Gasteiger partial charge in [-0.15, -0.1) is 0 Å². The van der Waals surface area contributed by atoms with Gasteiger partial charge in [-0.25, -0.2) is 4.79 Å². The Morgan fingerprint density at radius 1 is 1.00 bits per heavy atom. The zero-order valence-corrected chi connectivity index (χ0v) is 13.7. The Morgan fingerprint density at radius 2 is 1.67 bits per heavy atom. The van der Waals surface area contributed by atoms with Crippen molar-refractivity contribution in [3.8, 4) is 0 Å². The zero-order chi connectivity index (χ0) is 17.5. The van der Waals surface area contributed by atoms with Crippen molar-refractivity contribution in [1.29, 1.82) is 0 Å². The van der Waals surface area contributed by atoms with Crippen LogP contribution in [0.15, 0.2) is 48.5 Å². The second-order valence-corrected chi connectivity index (χ2v) is 5.29. The van der Waals surface area contributed by atoms with Gasteiger partial charge in [0.15, 0.2) is 12.4 Å². The van der Waals surface area contributed by atoms with E-state index < -0.39 is 5.97 Å². The number of esters is 1. The number of rotatable bonds is 6. The Labute approximate surface area is 140 Å². The molecule has 0 bridgehead atoms. The van der Waals surface area contributed by atoms with Crippen LogP contribution in [0.4, 0.5) is 5.69 Å². The molecular weight excluding hydrogens is 306 g/mol. The fraction of sp³-hybridized carbons (Fsp3) is 0.211. The molecule has 24 heavy (non-hydrogen) atoms. The fourth-order valence-corrected chi connectivity index (χ4v) is 2.08. The van der Waals surface area contributed by atoms with Crippen molar-refractivity contribution < 1.29 is 19.1 Å². The van der Waals surface area contributed by atoms with Crippen LogP contribution in [0.1, 0.15) is 39.6 Å². The maximum absolute atomic E-state index is 12.1. The third kappa shape index (κ3) is 4.52. The number of carbonyl (C=O) groups excluding carboxylic acids is 3. The zero-order valence-electron chi connectivity index (χ0n) is 13.7. The van der Waals surface area contributed by atoms with Gasteiger partial charge in [0.2, 0.25) is 5.91 Å². The predicted octanol–water partition coefficient (Wildman–Crippen LogP) is 3.38. The molecule has 2 aromatic rings. The van der Waals surface area contributed by atoms with E-state index in [0.717, 1.165) is 5.56 Å². The largest absolute Gasteiger partial charge is 0.454 e. The smallest absolute Gasteiger partial charge is 0.338 e. The first kappa shape index (κ1) is 17.4. The number of hydrogen-bond acceptors (Lipinski definition) is 4. The molecule has 1 N–H and O–H groups in total. The van der Waals surface area contributed by atoms with Gasteiger partial charge in [-0.3, -0.25) is 9.59 Å². The molecule has 5 heteroatoms. The number of ether oxygens (including phenoxy) is 1. The van der Waals surface area contributed by atoms with Gasteiger partial charge in [0.1, 0.15) is 0 Å². The van der Waals surface area contributed by atoms with Crippen LogP contribution in [-0.2, 0) is 9.53 Å². The average molecular weight is 325 g/mol. The second kappa shape index (κ2) is 8.06. The van der Waals surface area contributed by atoms with Crippen molar-refractivity contribution in [2.24, 2.45) is 0 Å². The molecular formula is C19H19NO4. The summed E-state index contributed by atoms with van der Waals surface area (Å²) in [5.41, 5.74) is 2.28. The molecule has 0 atom stereocenters. The summed E-state index contributed by atoms with van der Waals surface area (Å²) in [4.78, 5) is 35.4. The topological polar surface area (TPSA) is 72.5 Å². The molecule has 0 spiro atoms. The first-order chi connectivity index (χ1) is 11.5. The molecule has 0 saturated carbocycles. The summed E-state index contributed by atoms with van der Waals surface area (Å²) in [5, 5.41) is 2.70. The maximum atomic E-state index is 12.1. The van der Waals surface area contributed by atoms with Gasteiger partial charge in [0, 0.05) is 17.7 Å². The molecule has 0 aromatic heterocycles. The lowest BCUT2D eigenvalue weighted by Gasteiger charge is -2.07. The van der Waals surface area contributed by atoms with Gasteiger partial charge in [-0.1, -0.05) is 25.1 Å². The van der Waals surface area contributed by atoms with Crippen molar-refractivity contribution >= 4 is 23.3 Å². The molecule has 0 radical (unpaired) electrons. The Morgan fingerprint density at radius 3 is 2.29 bits per heavy atom. The van der Waals surface area contributed by atoms with Crippen LogP contribution in [0.5, 0.6) is 0 Å². The van der Waals surface area contributed by atoms with E-state index in [-0.39, 0.29) is 18.3 Å². The third-order valence-corrected chi connectivity index (χ3v) is 3.51. The number of amides is 1. The van der Waals surface area contributed by atoms with Crippen molar-refractivity contribution in [2.45, 2.75) is 20.3 Å². The quantitative estimate of drug-likeness (QED) is 0.653. The molecule has 2 rings (SSSR count). The van der Waals surface area contributed by atoms with Gasteiger partial charge in [0.05, 0.1) is 5.56 Å². The number of benzene rings is 2. The van der Waals surface area contributed by atoms with Gasteiger partial charge in [-0.05, 0) is 42.8 Å². The maximum Gasteiger partial charge on any atom is 0.338 e. The van der Waals surface area contributed by atoms with Crippen LogP contribution in [0.3, 0.4) is 0 Å². The molecule has 1 amide bonds. The molecule has 5 nitrogen and oxygen atoms in total. The van der Waals surface area contributed by atoms with E-state index in [9.17, 15) is 14.4 Å². The Kier molecular flexibility index (Phi) is 5.84. The Bertz CT molecular complexity index is 750. The van der Waals surface area contributed by atoms with Crippen molar-refractivity contribution in [3.63, 3.8) is 0 Å². The molecule has 0 fully saturated rings. The molecule has 0 saturated heterocycles. The fourth-order valence-electron chi connectivity index (χ4n) is 2.08. The summed E-state index contributed by atoms with van der Waals surface area (Å²) in [6.45, 7) is 3.24. The van der Waals surface area contributed by atoms with E-state index >= 15 is 0 Å². The van der Waals surface area contributed by atoms with Crippen LogP contribution < -0.4 is 5.32 Å². The summed E-state index contributed by atoms with van der Waals surface area (Å²) < 4.78 is 5.08. The second-order valence-electron chi connectivity index (χ2n) is 5.29. The monoisotopic (exact) mass is 325 g/mol. The Balaban J connectivity index is 1.94. The third-order valence-electron chi connectivity index (χ3n) is 3.51. The summed E-state index contributed by atoms with van der Waals surface area (Å²) in [7, 11) is 0. The van der Waals surface area contributed by atoms with E-state index in [1.165, 1.54) is 0 Å². The van der Waals surface area contributed by atoms with Gasteiger partial charge >= 0.3 is 5.97 Å². The van der Waals surface area contributed by atoms with Crippen LogP contribution in [0.2, 0.25) is 0 Å². The highest BCUT2D eigenvalue weighted by Gasteiger charge is 2.13. The summed E-state index contributed by atoms with van der Waals surface area (Å²) >= 11 is 0. The number of Topliss-reactive ketones (excluding diaryl/α,β-unsaturated/α-hetero) is 1. The van der Waals surface area contributed by atoms with Crippen LogP contribution in [0, 0.1) is 6.92 Å².